The molecule has 1 aliphatic heterocycles. The standard InChI is InChI=1S/C17H20N4O6S/c22-14(20-17(24)19-11-5-1-2-6-11)10-27-15(23)9-18-16-12-7-3-4-8-13(12)28(25,26)21-16/h3-4,7-8,11H,1-2,5-6,9-10H2,(H,18,21)(H2,19,20,22,24). The molecule has 0 spiro atoms. The van der Waals surface area contributed by atoms with Gasteiger partial charge < -0.3 is 10.1 Å². The van der Waals surface area contributed by atoms with Crippen molar-refractivity contribution >= 4 is 33.8 Å². The molecule has 3 N–H and O–H groups in total. The fourth-order valence-corrected chi connectivity index (χ4v) is 4.29. The number of benzene rings is 1. The van der Waals surface area contributed by atoms with Gasteiger partial charge in [-0.3, -0.25) is 24.6 Å². The fourth-order valence-electron chi connectivity index (χ4n) is 3.04. The number of hydrogen-bond acceptors (Lipinski definition) is 7. The second-order valence-corrected chi connectivity index (χ2v) is 8.08. The van der Waals surface area contributed by atoms with Gasteiger partial charge in [0, 0.05) is 11.6 Å². The molecule has 1 fully saturated rings. The Bertz CT molecular complexity index is 921. The molecule has 0 unspecified atom stereocenters. The minimum Gasteiger partial charge on any atom is -0.454 e. The summed E-state index contributed by atoms with van der Waals surface area (Å²) in [7, 11) is -3.69. The predicted octanol–water partition coefficient (Wildman–Crippen LogP) is 0.0367. The van der Waals surface area contributed by atoms with E-state index in [4.69, 9.17) is 4.74 Å². The Kier molecular flexibility index (Phi) is 5.93. The summed E-state index contributed by atoms with van der Waals surface area (Å²) in [5.74, 6) is -1.56. The largest absolute Gasteiger partial charge is 0.454 e. The zero-order valence-electron chi connectivity index (χ0n) is 14.9. The van der Waals surface area contributed by atoms with E-state index >= 15 is 0 Å². The van der Waals surface area contributed by atoms with Crippen molar-refractivity contribution in [2.75, 3.05) is 13.2 Å². The number of amidine groups is 1. The van der Waals surface area contributed by atoms with Crippen LogP contribution in [0.1, 0.15) is 31.2 Å². The molecule has 1 aromatic carbocycles. The van der Waals surface area contributed by atoms with Gasteiger partial charge in [-0.25, -0.2) is 13.2 Å². The Hall–Kier alpha value is -2.95. The van der Waals surface area contributed by atoms with Crippen molar-refractivity contribution in [3.8, 4) is 0 Å². The Morgan fingerprint density at radius 2 is 1.89 bits per heavy atom. The lowest BCUT2D eigenvalue weighted by Crippen LogP contribution is -2.45. The number of nitrogens with one attached hydrogen (secondary N) is 3. The highest BCUT2D eigenvalue weighted by Crippen LogP contribution is 2.22. The smallest absolute Gasteiger partial charge is 0.328 e. The summed E-state index contributed by atoms with van der Waals surface area (Å²) >= 11 is 0. The summed E-state index contributed by atoms with van der Waals surface area (Å²) in [6.07, 6.45) is 3.84. The molecule has 1 saturated carbocycles. The molecule has 3 rings (SSSR count). The molecule has 0 aromatic heterocycles. The van der Waals surface area contributed by atoms with Crippen LogP contribution in [0.4, 0.5) is 4.79 Å². The van der Waals surface area contributed by atoms with Crippen LogP contribution in [0, 0.1) is 0 Å². The van der Waals surface area contributed by atoms with Crippen molar-refractivity contribution in [1.29, 1.82) is 0 Å². The molecular formula is C17H20N4O6S. The van der Waals surface area contributed by atoms with E-state index in [9.17, 15) is 22.8 Å². The normalized spacial score (nSPS) is 18.9. The van der Waals surface area contributed by atoms with Gasteiger partial charge >= 0.3 is 12.0 Å². The highest BCUT2D eigenvalue weighted by atomic mass is 32.2. The summed E-state index contributed by atoms with van der Waals surface area (Å²) in [5, 5.41) is 4.77. The number of esters is 1. The van der Waals surface area contributed by atoms with Gasteiger partial charge in [0.25, 0.3) is 15.9 Å². The Morgan fingerprint density at radius 1 is 1.18 bits per heavy atom. The monoisotopic (exact) mass is 408 g/mol. The first kappa shape index (κ1) is 19.8. The Labute approximate surface area is 161 Å². The fraction of sp³-hybridized carbons (Fsp3) is 0.412. The number of rotatable bonds is 5. The molecule has 28 heavy (non-hydrogen) atoms. The summed E-state index contributed by atoms with van der Waals surface area (Å²) in [6.45, 7) is -1.11. The maximum Gasteiger partial charge on any atom is 0.328 e. The van der Waals surface area contributed by atoms with Gasteiger partial charge in [0.1, 0.15) is 12.4 Å². The third-order valence-electron chi connectivity index (χ3n) is 4.34. The van der Waals surface area contributed by atoms with E-state index in [1.165, 1.54) is 6.07 Å². The van der Waals surface area contributed by atoms with Gasteiger partial charge in [-0.2, -0.15) is 0 Å². The van der Waals surface area contributed by atoms with Crippen molar-refractivity contribution in [2.24, 2.45) is 4.99 Å². The minimum atomic E-state index is -3.69. The van der Waals surface area contributed by atoms with E-state index in [1.807, 2.05) is 0 Å². The number of aliphatic imine (C=N–C) groups is 1. The molecule has 11 heteroatoms. The summed E-state index contributed by atoms with van der Waals surface area (Å²) in [5.41, 5.74) is 0.358. The number of urea groups is 1. The van der Waals surface area contributed by atoms with Gasteiger partial charge in [0.05, 0.1) is 4.90 Å². The van der Waals surface area contributed by atoms with Gasteiger partial charge in [-0.15, -0.1) is 0 Å². The minimum absolute atomic E-state index is 0.0351. The van der Waals surface area contributed by atoms with Crippen LogP contribution in [-0.2, 0) is 24.3 Å². The van der Waals surface area contributed by atoms with Gasteiger partial charge in [-0.05, 0) is 25.0 Å². The van der Waals surface area contributed by atoms with Crippen molar-refractivity contribution in [2.45, 2.75) is 36.6 Å². The molecule has 1 aromatic rings. The molecule has 0 saturated heterocycles. The lowest BCUT2D eigenvalue weighted by atomic mass is 10.2. The van der Waals surface area contributed by atoms with Crippen LogP contribution in [0.3, 0.4) is 0 Å². The van der Waals surface area contributed by atoms with E-state index in [-0.39, 0.29) is 16.8 Å². The highest BCUT2D eigenvalue weighted by Gasteiger charge is 2.30. The van der Waals surface area contributed by atoms with E-state index in [2.05, 4.69) is 20.3 Å². The van der Waals surface area contributed by atoms with Crippen molar-refractivity contribution in [3.63, 3.8) is 0 Å². The average molecular weight is 408 g/mol. The number of carbonyl (C=O) groups is 3. The van der Waals surface area contributed by atoms with Gasteiger partial charge in [0.15, 0.2) is 6.61 Å². The lowest BCUT2D eigenvalue weighted by Gasteiger charge is -2.12. The highest BCUT2D eigenvalue weighted by molar-refractivity contribution is 7.90. The first-order valence-corrected chi connectivity index (χ1v) is 10.3. The van der Waals surface area contributed by atoms with Crippen LogP contribution in [0.15, 0.2) is 34.2 Å². The molecule has 10 nitrogen and oxygen atoms in total. The molecular weight excluding hydrogens is 388 g/mol. The van der Waals surface area contributed by atoms with Gasteiger partial charge in [0.2, 0.25) is 0 Å². The molecule has 150 valence electrons. The van der Waals surface area contributed by atoms with Crippen molar-refractivity contribution < 1.29 is 27.5 Å². The number of carbonyl (C=O) groups excluding carboxylic acids is 3. The topological polar surface area (TPSA) is 143 Å². The molecule has 1 heterocycles. The number of sulfonamides is 1. The second kappa shape index (κ2) is 8.38. The first-order valence-electron chi connectivity index (χ1n) is 8.78. The summed E-state index contributed by atoms with van der Waals surface area (Å²) in [4.78, 5) is 39.1. The van der Waals surface area contributed by atoms with Crippen molar-refractivity contribution in [1.82, 2.24) is 15.4 Å². The van der Waals surface area contributed by atoms with Crippen LogP contribution in [0.2, 0.25) is 0 Å². The quantitative estimate of drug-likeness (QED) is 0.587. The number of amides is 3. The average Bonchev–Trinajstić information content (AvgIpc) is 3.24. The molecule has 1 aliphatic carbocycles. The Balaban J connectivity index is 1.45. The number of nitrogens with zero attached hydrogens (tertiary/aromatic N) is 1. The number of fused-ring (bicyclic) bond motifs is 1. The third kappa shape index (κ3) is 4.85. The van der Waals surface area contributed by atoms with Crippen LogP contribution in [-0.4, -0.2) is 51.4 Å². The van der Waals surface area contributed by atoms with E-state index in [1.54, 1.807) is 18.2 Å². The SMILES string of the molecule is O=C(COC(=O)CN=C1NS(=O)(=O)c2ccccc21)NC(=O)NC1CCCC1. The van der Waals surface area contributed by atoms with E-state index in [0.717, 1.165) is 25.7 Å². The first-order chi connectivity index (χ1) is 13.3. The second-order valence-electron chi connectivity index (χ2n) is 6.43. The number of ether oxygens (including phenoxy) is 1. The summed E-state index contributed by atoms with van der Waals surface area (Å²) < 4.78 is 30.9. The van der Waals surface area contributed by atoms with Crippen LogP contribution >= 0.6 is 0 Å². The molecule has 0 atom stereocenters. The maximum absolute atomic E-state index is 12.0. The zero-order chi connectivity index (χ0) is 20.1. The van der Waals surface area contributed by atoms with E-state index in [0.29, 0.717) is 5.56 Å². The van der Waals surface area contributed by atoms with E-state index < -0.39 is 41.1 Å². The van der Waals surface area contributed by atoms with Crippen LogP contribution in [0.5, 0.6) is 0 Å². The number of hydrogen-bond donors (Lipinski definition) is 3. The lowest BCUT2D eigenvalue weighted by molar-refractivity contribution is -0.146. The van der Waals surface area contributed by atoms with Crippen LogP contribution < -0.4 is 15.4 Å². The third-order valence-corrected chi connectivity index (χ3v) is 5.73. The predicted molar refractivity (Wildman–Crippen MR) is 98.1 cm³/mol. The molecule has 3 amide bonds. The van der Waals surface area contributed by atoms with Crippen LogP contribution in [0.25, 0.3) is 0 Å². The Morgan fingerprint density at radius 3 is 2.64 bits per heavy atom. The summed E-state index contributed by atoms with van der Waals surface area (Å²) in [6, 6.07) is 5.66. The number of imide groups is 1. The molecule has 0 radical (unpaired) electrons. The van der Waals surface area contributed by atoms with Gasteiger partial charge in [-0.1, -0.05) is 25.0 Å². The molecule has 0 bridgehead atoms. The molecule has 2 aliphatic rings. The van der Waals surface area contributed by atoms with Crippen molar-refractivity contribution in [3.05, 3.63) is 29.8 Å². The maximum atomic E-state index is 12.0. The zero-order valence-corrected chi connectivity index (χ0v) is 15.8.